The van der Waals surface area contributed by atoms with Crippen LogP contribution in [-0.2, 0) is 6.42 Å². The van der Waals surface area contributed by atoms with Crippen LogP contribution in [0.1, 0.15) is 21.6 Å². The Morgan fingerprint density at radius 1 is 1.30 bits per heavy atom. The molecule has 0 spiro atoms. The van der Waals surface area contributed by atoms with Crippen molar-refractivity contribution in [2.75, 3.05) is 5.33 Å². The van der Waals surface area contributed by atoms with Crippen LogP contribution in [0.3, 0.4) is 0 Å². The van der Waals surface area contributed by atoms with Crippen molar-refractivity contribution in [3.63, 3.8) is 0 Å². The van der Waals surface area contributed by atoms with Gasteiger partial charge in [0.25, 0.3) is 5.91 Å². The van der Waals surface area contributed by atoms with E-state index in [-0.39, 0.29) is 11.9 Å². The smallest absolute Gasteiger partial charge is 0.251 e. The number of nitrogens with zero attached hydrogens (tertiary/aromatic N) is 1. The molecule has 1 heterocycles. The van der Waals surface area contributed by atoms with E-state index in [4.69, 9.17) is 0 Å². The molecule has 1 aromatic carbocycles. The van der Waals surface area contributed by atoms with Gasteiger partial charge in [-0.25, -0.2) is 0 Å². The summed E-state index contributed by atoms with van der Waals surface area (Å²) < 4.78 is 0. The standard InChI is InChI=1S/C16H17BrN2O/c1-12-9-14(7-8-18-12)16(20)19-15(11-17)10-13-5-3-2-4-6-13/h2-9,15H,10-11H2,1H3,(H,19,20). The van der Waals surface area contributed by atoms with Crippen LogP contribution in [0.15, 0.2) is 48.7 Å². The zero-order chi connectivity index (χ0) is 14.4. The summed E-state index contributed by atoms with van der Waals surface area (Å²) in [4.78, 5) is 16.3. The largest absolute Gasteiger partial charge is 0.348 e. The van der Waals surface area contributed by atoms with Gasteiger partial charge in [0.15, 0.2) is 0 Å². The highest BCUT2D eigenvalue weighted by molar-refractivity contribution is 9.09. The first-order chi connectivity index (χ1) is 9.69. The van der Waals surface area contributed by atoms with Gasteiger partial charge in [0.1, 0.15) is 0 Å². The Balaban J connectivity index is 2.01. The fourth-order valence-corrected chi connectivity index (χ4v) is 2.39. The van der Waals surface area contributed by atoms with E-state index in [1.807, 2.05) is 25.1 Å². The van der Waals surface area contributed by atoms with Crippen molar-refractivity contribution >= 4 is 21.8 Å². The number of halogens is 1. The van der Waals surface area contributed by atoms with Crippen LogP contribution >= 0.6 is 15.9 Å². The molecule has 104 valence electrons. The summed E-state index contributed by atoms with van der Waals surface area (Å²) in [7, 11) is 0. The number of carbonyl (C=O) groups excluding carboxylic acids is 1. The highest BCUT2D eigenvalue weighted by Crippen LogP contribution is 2.07. The van der Waals surface area contributed by atoms with Gasteiger partial charge >= 0.3 is 0 Å². The number of aryl methyl sites for hydroxylation is 1. The molecule has 1 atom stereocenters. The molecule has 2 rings (SSSR count). The van der Waals surface area contributed by atoms with Crippen LogP contribution in [0.4, 0.5) is 0 Å². The first-order valence-electron chi connectivity index (χ1n) is 6.52. The average Bonchev–Trinajstić information content (AvgIpc) is 2.47. The first-order valence-corrected chi connectivity index (χ1v) is 7.64. The van der Waals surface area contributed by atoms with Crippen molar-refractivity contribution in [3.05, 3.63) is 65.5 Å². The lowest BCUT2D eigenvalue weighted by Crippen LogP contribution is -2.37. The molecule has 0 fully saturated rings. The molecule has 4 heteroatoms. The van der Waals surface area contributed by atoms with Gasteiger partial charge in [-0.15, -0.1) is 0 Å². The normalized spacial score (nSPS) is 11.9. The van der Waals surface area contributed by atoms with E-state index in [0.717, 1.165) is 17.4 Å². The zero-order valence-electron chi connectivity index (χ0n) is 11.3. The van der Waals surface area contributed by atoms with Crippen molar-refractivity contribution < 1.29 is 4.79 Å². The minimum atomic E-state index is -0.0594. The summed E-state index contributed by atoms with van der Waals surface area (Å²) in [6.07, 6.45) is 2.46. The first kappa shape index (κ1) is 14.7. The Labute approximate surface area is 127 Å². The molecule has 1 unspecified atom stereocenters. The van der Waals surface area contributed by atoms with Gasteiger partial charge in [0.2, 0.25) is 0 Å². The summed E-state index contributed by atoms with van der Waals surface area (Å²) in [5, 5.41) is 3.77. The second kappa shape index (κ2) is 7.20. The fraction of sp³-hybridized carbons (Fsp3) is 0.250. The zero-order valence-corrected chi connectivity index (χ0v) is 12.9. The van der Waals surface area contributed by atoms with E-state index in [2.05, 4.69) is 38.4 Å². The summed E-state index contributed by atoms with van der Waals surface area (Å²) in [5.41, 5.74) is 2.70. The van der Waals surface area contributed by atoms with Gasteiger partial charge < -0.3 is 5.32 Å². The third kappa shape index (κ3) is 4.17. The van der Waals surface area contributed by atoms with E-state index in [1.54, 1.807) is 18.3 Å². The number of carbonyl (C=O) groups is 1. The third-order valence-electron chi connectivity index (χ3n) is 3.01. The predicted octanol–water partition coefficient (Wildman–Crippen LogP) is 3.13. The van der Waals surface area contributed by atoms with Gasteiger partial charge in [-0.3, -0.25) is 9.78 Å². The summed E-state index contributed by atoms with van der Waals surface area (Å²) in [6, 6.07) is 13.7. The predicted molar refractivity (Wildman–Crippen MR) is 84.2 cm³/mol. The second-order valence-corrected chi connectivity index (χ2v) is 5.35. The monoisotopic (exact) mass is 332 g/mol. The molecular weight excluding hydrogens is 316 g/mol. The Kier molecular flexibility index (Phi) is 5.30. The maximum atomic E-state index is 12.2. The number of hydrogen-bond acceptors (Lipinski definition) is 2. The molecule has 3 nitrogen and oxygen atoms in total. The molecule has 0 radical (unpaired) electrons. The maximum Gasteiger partial charge on any atom is 0.251 e. The molecule has 1 N–H and O–H groups in total. The third-order valence-corrected chi connectivity index (χ3v) is 3.79. The number of aromatic nitrogens is 1. The Bertz CT molecular complexity index is 572. The molecular formula is C16H17BrN2O. The number of rotatable bonds is 5. The molecule has 20 heavy (non-hydrogen) atoms. The van der Waals surface area contributed by atoms with Crippen molar-refractivity contribution in [1.29, 1.82) is 0 Å². The second-order valence-electron chi connectivity index (χ2n) is 4.70. The van der Waals surface area contributed by atoms with E-state index < -0.39 is 0 Å². The Morgan fingerprint density at radius 3 is 2.70 bits per heavy atom. The lowest BCUT2D eigenvalue weighted by molar-refractivity contribution is 0.0941. The average molecular weight is 333 g/mol. The number of amides is 1. The molecule has 0 bridgehead atoms. The van der Waals surface area contributed by atoms with Crippen molar-refractivity contribution in [2.45, 2.75) is 19.4 Å². The molecule has 0 saturated carbocycles. The summed E-state index contributed by atoms with van der Waals surface area (Å²) >= 11 is 3.46. The van der Waals surface area contributed by atoms with Crippen molar-refractivity contribution in [3.8, 4) is 0 Å². The maximum absolute atomic E-state index is 12.2. The Hall–Kier alpha value is -1.68. The molecule has 2 aromatic rings. The fourth-order valence-electron chi connectivity index (χ4n) is 2.00. The molecule has 0 aliphatic heterocycles. The van der Waals surface area contributed by atoms with E-state index >= 15 is 0 Å². The molecule has 0 aliphatic carbocycles. The number of alkyl halides is 1. The van der Waals surface area contributed by atoms with Crippen LogP contribution in [0.5, 0.6) is 0 Å². The summed E-state index contributed by atoms with van der Waals surface area (Å²) in [6.45, 7) is 1.88. The SMILES string of the molecule is Cc1cc(C(=O)NC(CBr)Cc2ccccc2)ccn1. The van der Waals surface area contributed by atoms with Gasteiger partial charge in [-0.05, 0) is 31.0 Å². The molecule has 1 aromatic heterocycles. The van der Waals surface area contributed by atoms with Gasteiger partial charge in [0, 0.05) is 28.8 Å². The van der Waals surface area contributed by atoms with Crippen LogP contribution in [0.2, 0.25) is 0 Å². The molecule has 0 aliphatic rings. The van der Waals surface area contributed by atoms with Crippen LogP contribution in [0.25, 0.3) is 0 Å². The number of benzene rings is 1. The van der Waals surface area contributed by atoms with Crippen molar-refractivity contribution in [1.82, 2.24) is 10.3 Å². The van der Waals surface area contributed by atoms with Gasteiger partial charge in [-0.2, -0.15) is 0 Å². The van der Waals surface area contributed by atoms with Gasteiger partial charge in [0.05, 0.1) is 0 Å². The van der Waals surface area contributed by atoms with Crippen molar-refractivity contribution in [2.24, 2.45) is 0 Å². The number of hydrogen-bond donors (Lipinski definition) is 1. The number of nitrogens with one attached hydrogen (secondary N) is 1. The Morgan fingerprint density at radius 2 is 2.05 bits per heavy atom. The minimum absolute atomic E-state index is 0.0594. The lowest BCUT2D eigenvalue weighted by atomic mass is 10.1. The van der Waals surface area contributed by atoms with Gasteiger partial charge in [-0.1, -0.05) is 46.3 Å². The molecule has 0 saturated heterocycles. The number of pyridine rings is 1. The van der Waals surface area contributed by atoms with Crippen LogP contribution < -0.4 is 5.32 Å². The topological polar surface area (TPSA) is 42.0 Å². The van der Waals surface area contributed by atoms with E-state index in [0.29, 0.717) is 5.56 Å². The quantitative estimate of drug-likeness (QED) is 0.854. The highest BCUT2D eigenvalue weighted by Gasteiger charge is 2.13. The lowest BCUT2D eigenvalue weighted by Gasteiger charge is -2.16. The highest BCUT2D eigenvalue weighted by atomic mass is 79.9. The van der Waals surface area contributed by atoms with E-state index in [1.165, 1.54) is 5.56 Å². The summed E-state index contributed by atoms with van der Waals surface area (Å²) in [5.74, 6) is -0.0594. The van der Waals surface area contributed by atoms with E-state index in [9.17, 15) is 4.79 Å². The molecule has 1 amide bonds. The van der Waals surface area contributed by atoms with Crippen LogP contribution in [0, 0.1) is 6.92 Å². The minimum Gasteiger partial charge on any atom is -0.348 e. The van der Waals surface area contributed by atoms with Crippen LogP contribution in [-0.4, -0.2) is 22.3 Å².